The number of carboxylic acids is 1. The predicted molar refractivity (Wildman–Crippen MR) is 87.1 cm³/mol. The molecule has 116 valence electrons. The Kier molecular flexibility index (Phi) is 5.52. The summed E-state index contributed by atoms with van der Waals surface area (Å²) in [5.41, 5.74) is 2.09. The van der Waals surface area contributed by atoms with Gasteiger partial charge in [0, 0.05) is 37.4 Å². The third kappa shape index (κ3) is 3.64. The molecule has 4 nitrogen and oxygen atoms in total. The molecule has 5 heteroatoms. The Morgan fingerprint density at radius 3 is 2.50 bits per heavy atom. The maximum Gasteiger partial charge on any atom is 0.308 e. The summed E-state index contributed by atoms with van der Waals surface area (Å²) in [6, 6.07) is 15.9. The van der Waals surface area contributed by atoms with Crippen LogP contribution in [0, 0.1) is 5.92 Å². The number of aromatic nitrogens is 1. The van der Waals surface area contributed by atoms with Crippen LogP contribution in [0.15, 0.2) is 54.7 Å². The molecule has 2 atom stereocenters. The van der Waals surface area contributed by atoms with E-state index in [9.17, 15) is 9.90 Å². The molecule has 1 aliphatic heterocycles. The molecule has 1 aliphatic rings. The van der Waals surface area contributed by atoms with Gasteiger partial charge in [0.25, 0.3) is 0 Å². The van der Waals surface area contributed by atoms with E-state index in [1.807, 2.05) is 36.4 Å². The van der Waals surface area contributed by atoms with Crippen molar-refractivity contribution >= 4 is 18.4 Å². The van der Waals surface area contributed by atoms with Crippen LogP contribution >= 0.6 is 12.4 Å². The van der Waals surface area contributed by atoms with E-state index < -0.39 is 5.97 Å². The zero-order valence-electron chi connectivity index (χ0n) is 12.1. The highest BCUT2D eigenvalue weighted by molar-refractivity contribution is 5.85. The highest BCUT2D eigenvalue weighted by Gasteiger charge is 2.39. The van der Waals surface area contributed by atoms with Crippen LogP contribution < -0.4 is 0 Å². The van der Waals surface area contributed by atoms with E-state index in [1.54, 1.807) is 6.20 Å². The number of halogens is 1. The summed E-state index contributed by atoms with van der Waals surface area (Å²) in [6.45, 7) is 2.10. The summed E-state index contributed by atoms with van der Waals surface area (Å²) in [6.07, 6.45) is 1.73. The maximum atomic E-state index is 11.5. The summed E-state index contributed by atoms with van der Waals surface area (Å²) in [5.74, 6) is -1.16. The first-order valence-electron chi connectivity index (χ1n) is 7.14. The van der Waals surface area contributed by atoms with Gasteiger partial charge in [-0.15, -0.1) is 12.4 Å². The van der Waals surface area contributed by atoms with Crippen LogP contribution in [0.2, 0.25) is 0 Å². The SMILES string of the molecule is Cl.O=C(O)[C@@H]1CN(Cc2ccccc2)C[C@H]1c1ccccn1. The van der Waals surface area contributed by atoms with Crippen LogP contribution in [0.3, 0.4) is 0 Å². The Hall–Kier alpha value is -1.91. The van der Waals surface area contributed by atoms with Gasteiger partial charge < -0.3 is 5.11 Å². The smallest absolute Gasteiger partial charge is 0.308 e. The number of hydrogen-bond donors (Lipinski definition) is 1. The molecule has 22 heavy (non-hydrogen) atoms. The van der Waals surface area contributed by atoms with Crippen LogP contribution in [0.4, 0.5) is 0 Å². The third-order valence-electron chi connectivity index (χ3n) is 4.03. The van der Waals surface area contributed by atoms with Crippen molar-refractivity contribution in [3.05, 3.63) is 66.0 Å². The largest absolute Gasteiger partial charge is 0.481 e. The maximum absolute atomic E-state index is 11.5. The molecule has 0 aliphatic carbocycles. The highest BCUT2D eigenvalue weighted by Crippen LogP contribution is 2.32. The second kappa shape index (κ2) is 7.38. The number of nitrogens with zero attached hydrogens (tertiary/aromatic N) is 2. The number of likely N-dealkylation sites (tertiary alicyclic amines) is 1. The lowest BCUT2D eigenvalue weighted by Crippen LogP contribution is -2.23. The number of hydrogen-bond acceptors (Lipinski definition) is 3. The minimum Gasteiger partial charge on any atom is -0.481 e. The monoisotopic (exact) mass is 318 g/mol. The minimum absolute atomic E-state index is 0. The van der Waals surface area contributed by atoms with Gasteiger partial charge in [0.2, 0.25) is 0 Å². The first-order chi connectivity index (χ1) is 10.2. The molecule has 0 spiro atoms. The molecule has 0 amide bonds. The number of rotatable bonds is 4. The van der Waals surface area contributed by atoms with Gasteiger partial charge in [-0.25, -0.2) is 0 Å². The summed E-state index contributed by atoms with van der Waals surface area (Å²) in [5, 5.41) is 9.47. The van der Waals surface area contributed by atoms with Crippen molar-refractivity contribution in [2.24, 2.45) is 5.92 Å². The van der Waals surface area contributed by atoms with Crippen molar-refractivity contribution in [1.82, 2.24) is 9.88 Å². The minimum atomic E-state index is -0.735. The Balaban J connectivity index is 0.00000176. The average Bonchev–Trinajstić information content (AvgIpc) is 2.93. The third-order valence-corrected chi connectivity index (χ3v) is 4.03. The molecule has 1 fully saturated rings. The van der Waals surface area contributed by atoms with Gasteiger partial charge in [-0.2, -0.15) is 0 Å². The molecule has 1 aromatic heterocycles. The van der Waals surface area contributed by atoms with Gasteiger partial charge in [-0.05, 0) is 17.7 Å². The van der Waals surface area contributed by atoms with Gasteiger partial charge in [-0.3, -0.25) is 14.7 Å². The van der Waals surface area contributed by atoms with Gasteiger partial charge in [0.15, 0.2) is 0 Å². The van der Waals surface area contributed by atoms with E-state index in [0.717, 1.165) is 18.8 Å². The Bertz CT molecular complexity index is 607. The lowest BCUT2D eigenvalue weighted by atomic mass is 9.93. The molecule has 2 aromatic rings. The second-order valence-electron chi connectivity index (χ2n) is 5.49. The molecule has 1 aromatic carbocycles. The van der Waals surface area contributed by atoms with Crippen molar-refractivity contribution < 1.29 is 9.90 Å². The van der Waals surface area contributed by atoms with Crippen LogP contribution in [-0.4, -0.2) is 34.0 Å². The van der Waals surface area contributed by atoms with Crippen LogP contribution in [0.25, 0.3) is 0 Å². The standard InChI is InChI=1S/C17H18N2O2.ClH/c20-17(21)15-12-19(10-13-6-2-1-3-7-13)11-14(15)16-8-4-5-9-18-16;/h1-9,14-15H,10-12H2,(H,20,21);1H/t14-,15-;/m1./s1. The summed E-state index contributed by atoms with van der Waals surface area (Å²) < 4.78 is 0. The Labute approximate surface area is 136 Å². The fourth-order valence-electron chi connectivity index (χ4n) is 3.00. The van der Waals surface area contributed by atoms with E-state index in [-0.39, 0.29) is 24.2 Å². The van der Waals surface area contributed by atoms with E-state index in [2.05, 4.69) is 22.0 Å². The summed E-state index contributed by atoms with van der Waals surface area (Å²) in [7, 11) is 0. The quantitative estimate of drug-likeness (QED) is 0.942. The molecule has 0 bridgehead atoms. The van der Waals surface area contributed by atoms with Crippen molar-refractivity contribution in [2.75, 3.05) is 13.1 Å². The number of aliphatic carboxylic acids is 1. The lowest BCUT2D eigenvalue weighted by molar-refractivity contribution is -0.141. The fraction of sp³-hybridized carbons (Fsp3) is 0.294. The molecule has 0 unspecified atom stereocenters. The normalized spacial score (nSPS) is 21.3. The molecule has 1 saturated heterocycles. The molecular weight excluding hydrogens is 300 g/mol. The average molecular weight is 319 g/mol. The zero-order chi connectivity index (χ0) is 14.7. The summed E-state index contributed by atoms with van der Waals surface area (Å²) in [4.78, 5) is 18.1. The number of benzene rings is 1. The van der Waals surface area contributed by atoms with E-state index in [4.69, 9.17) is 0 Å². The summed E-state index contributed by atoms with van der Waals surface area (Å²) >= 11 is 0. The van der Waals surface area contributed by atoms with Gasteiger partial charge in [-0.1, -0.05) is 36.4 Å². The highest BCUT2D eigenvalue weighted by atomic mass is 35.5. The lowest BCUT2D eigenvalue weighted by Gasteiger charge is -2.15. The van der Waals surface area contributed by atoms with E-state index >= 15 is 0 Å². The first kappa shape index (κ1) is 16.5. The fourth-order valence-corrected chi connectivity index (χ4v) is 3.00. The topological polar surface area (TPSA) is 53.4 Å². The molecular formula is C17H19ClN2O2. The van der Waals surface area contributed by atoms with Crippen molar-refractivity contribution in [3.8, 4) is 0 Å². The number of carboxylic acid groups (broad SMARTS) is 1. The van der Waals surface area contributed by atoms with Crippen LogP contribution in [0.5, 0.6) is 0 Å². The molecule has 0 saturated carbocycles. The van der Waals surface area contributed by atoms with Gasteiger partial charge >= 0.3 is 5.97 Å². The molecule has 3 rings (SSSR count). The Morgan fingerprint density at radius 1 is 1.14 bits per heavy atom. The van der Waals surface area contributed by atoms with Crippen molar-refractivity contribution in [1.29, 1.82) is 0 Å². The van der Waals surface area contributed by atoms with E-state index in [0.29, 0.717) is 6.54 Å². The van der Waals surface area contributed by atoms with Crippen molar-refractivity contribution in [2.45, 2.75) is 12.5 Å². The zero-order valence-corrected chi connectivity index (χ0v) is 12.9. The number of pyridine rings is 1. The first-order valence-corrected chi connectivity index (χ1v) is 7.14. The molecule has 1 N–H and O–H groups in total. The predicted octanol–water partition coefficient (Wildman–Crippen LogP) is 2.80. The van der Waals surface area contributed by atoms with Crippen LogP contribution in [0.1, 0.15) is 17.2 Å². The van der Waals surface area contributed by atoms with Gasteiger partial charge in [0.05, 0.1) is 5.92 Å². The molecule has 0 radical (unpaired) electrons. The Morgan fingerprint density at radius 2 is 1.86 bits per heavy atom. The number of carbonyl (C=O) groups is 1. The van der Waals surface area contributed by atoms with Crippen molar-refractivity contribution in [3.63, 3.8) is 0 Å². The van der Waals surface area contributed by atoms with Gasteiger partial charge in [0.1, 0.15) is 0 Å². The van der Waals surface area contributed by atoms with E-state index in [1.165, 1.54) is 5.56 Å². The second-order valence-corrected chi connectivity index (χ2v) is 5.49. The molecule has 2 heterocycles. The van der Waals surface area contributed by atoms with Crippen LogP contribution in [-0.2, 0) is 11.3 Å².